The average molecular weight is 249 g/mol. The summed E-state index contributed by atoms with van der Waals surface area (Å²) >= 11 is 0. The maximum Gasteiger partial charge on any atom is 0.119 e. The van der Waals surface area contributed by atoms with E-state index >= 15 is 0 Å². The smallest absolute Gasteiger partial charge is 0.119 e. The average Bonchev–Trinajstić information content (AvgIpc) is 2.38. The van der Waals surface area contributed by atoms with Gasteiger partial charge in [0.05, 0.1) is 13.2 Å². The summed E-state index contributed by atoms with van der Waals surface area (Å²) in [5.41, 5.74) is 2.27. The van der Waals surface area contributed by atoms with Crippen LogP contribution in [0.5, 0.6) is 5.75 Å². The number of likely N-dealkylation sites (N-methyl/N-ethyl adjacent to an activating group) is 1. The van der Waals surface area contributed by atoms with Crippen LogP contribution in [0.25, 0.3) is 0 Å². The van der Waals surface area contributed by atoms with Gasteiger partial charge in [0.25, 0.3) is 0 Å². The molecule has 0 radical (unpaired) electrons. The summed E-state index contributed by atoms with van der Waals surface area (Å²) in [6, 6.07) is 6.66. The van der Waals surface area contributed by atoms with Crippen molar-refractivity contribution in [2.24, 2.45) is 0 Å². The molecule has 2 rings (SSSR count). The van der Waals surface area contributed by atoms with E-state index in [2.05, 4.69) is 31.9 Å². The molecule has 1 aromatic carbocycles. The zero-order valence-corrected chi connectivity index (χ0v) is 11.7. The summed E-state index contributed by atoms with van der Waals surface area (Å²) in [6.07, 6.45) is 1.61. The number of aryl methyl sites for hydroxylation is 1. The van der Waals surface area contributed by atoms with Gasteiger partial charge >= 0.3 is 0 Å². The summed E-state index contributed by atoms with van der Waals surface area (Å²) in [5.74, 6) is 0.820. The molecule has 2 unspecified atom stereocenters. The third-order valence-corrected chi connectivity index (χ3v) is 4.08. The Labute approximate surface area is 109 Å². The molecule has 0 spiro atoms. The fraction of sp³-hybridized carbons (Fsp3) is 0.600. The number of nitrogens with zero attached hydrogens (tertiary/aromatic N) is 1. The van der Waals surface area contributed by atoms with Crippen molar-refractivity contribution in [2.75, 3.05) is 14.2 Å². The summed E-state index contributed by atoms with van der Waals surface area (Å²) < 4.78 is 5.25. The van der Waals surface area contributed by atoms with Crippen molar-refractivity contribution >= 4 is 0 Å². The van der Waals surface area contributed by atoms with Gasteiger partial charge in [-0.1, -0.05) is 6.07 Å². The lowest BCUT2D eigenvalue weighted by Gasteiger charge is -2.38. The highest BCUT2D eigenvalue weighted by Crippen LogP contribution is 2.35. The van der Waals surface area contributed by atoms with Gasteiger partial charge in [0.2, 0.25) is 0 Å². The Balaban J connectivity index is 2.28. The molecule has 0 saturated heterocycles. The van der Waals surface area contributed by atoms with Crippen molar-refractivity contribution in [3.63, 3.8) is 0 Å². The minimum atomic E-state index is -0.420. The minimum absolute atomic E-state index is 0.199. The summed E-state index contributed by atoms with van der Waals surface area (Å²) in [7, 11) is 3.75. The largest absolute Gasteiger partial charge is 0.497 e. The maximum absolute atomic E-state index is 10.6. The van der Waals surface area contributed by atoms with Crippen molar-refractivity contribution in [1.29, 1.82) is 0 Å². The normalized spacial score (nSPS) is 23.3. The lowest BCUT2D eigenvalue weighted by molar-refractivity contribution is 0.0351. The molecule has 1 aliphatic rings. The third kappa shape index (κ3) is 2.38. The number of hydrogen-bond donors (Lipinski definition) is 1. The zero-order valence-electron chi connectivity index (χ0n) is 11.7. The zero-order chi connectivity index (χ0) is 13.3. The van der Waals surface area contributed by atoms with Crippen LogP contribution in [0.15, 0.2) is 18.2 Å². The van der Waals surface area contributed by atoms with Gasteiger partial charge in [0, 0.05) is 12.1 Å². The van der Waals surface area contributed by atoms with E-state index in [0.717, 1.165) is 24.2 Å². The Bertz CT molecular complexity index is 417. The number of benzene rings is 1. The molecule has 2 atom stereocenters. The molecule has 0 aliphatic heterocycles. The second kappa shape index (κ2) is 5.29. The van der Waals surface area contributed by atoms with Gasteiger partial charge in [0.15, 0.2) is 0 Å². The van der Waals surface area contributed by atoms with Gasteiger partial charge in [-0.3, -0.25) is 4.90 Å². The molecule has 0 bridgehead atoms. The second-order valence-electron chi connectivity index (χ2n) is 5.37. The van der Waals surface area contributed by atoms with Crippen molar-refractivity contribution in [3.05, 3.63) is 29.3 Å². The first-order valence-electron chi connectivity index (χ1n) is 6.61. The molecule has 3 heteroatoms. The molecule has 0 aromatic heterocycles. The third-order valence-electron chi connectivity index (χ3n) is 4.08. The fourth-order valence-corrected chi connectivity index (χ4v) is 2.68. The van der Waals surface area contributed by atoms with E-state index < -0.39 is 6.10 Å². The van der Waals surface area contributed by atoms with Gasteiger partial charge in [-0.2, -0.15) is 0 Å². The van der Waals surface area contributed by atoms with E-state index in [-0.39, 0.29) is 6.04 Å². The number of ether oxygens (including phenoxy) is 1. The Morgan fingerprint density at radius 3 is 2.72 bits per heavy atom. The van der Waals surface area contributed by atoms with E-state index in [0.29, 0.717) is 6.04 Å². The van der Waals surface area contributed by atoms with E-state index in [1.807, 2.05) is 12.1 Å². The monoisotopic (exact) mass is 249 g/mol. The van der Waals surface area contributed by atoms with E-state index in [1.165, 1.54) is 5.56 Å². The standard InChI is InChI=1S/C15H23NO2/c1-10(2)16(3)14-8-6-11-5-7-12(18-4)9-13(11)15(14)17/h5,7,9-10,14-15,17H,6,8H2,1-4H3. The van der Waals surface area contributed by atoms with E-state index in [9.17, 15) is 5.11 Å². The first-order chi connectivity index (χ1) is 8.54. The van der Waals surface area contributed by atoms with Crippen LogP contribution in [0.2, 0.25) is 0 Å². The number of aliphatic hydroxyl groups excluding tert-OH is 1. The highest BCUT2D eigenvalue weighted by Gasteiger charge is 2.31. The quantitative estimate of drug-likeness (QED) is 0.892. The predicted octanol–water partition coefficient (Wildman–Crippen LogP) is 2.38. The highest BCUT2D eigenvalue weighted by atomic mass is 16.5. The number of fused-ring (bicyclic) bond motifs is 1. The van der Waals surface area contributed by atoms with Crippen LogP contribution in [-0.2, 0) is 6.42 Å². The molecule has 1 aromatic rings. The SMILES string of the molecule is COc1ccc2c(c1)C(O)C(N(C)C(C)C)CC2. The van der Waals surface area contributed by atoms with Gasteiger partial charge < -0.3 is 9.84 Å². The Kier molecular flexibility index (Phi) is 3.93. The van der Waals surface area contributed by atoms with E-state index in [1.54, 1.807) is 7.11 Å². The van der Waals surface area contributed by atoms with Gasteiger partial charge in [-0.05, 0) is 57.0 Å². The molecule has 0 amide bonds. The molecule has 3 nitrogen and oxygen atoms in total. The first-order valence-corrected chi connectivity index (χ1v) is 6.61. The molecule has 18 heavy (non-hydrogen) atoms. The van der Waals surface area contributed by atoms with Crippen LogP contribution in [0, 0.1) is 0 Å². The Hall–Kier alpha value is -1.06. The molecular weight excluding hydrogens is 226 g/mol. The first kappa shape index (κ1) is 13.4. The number of rotatable bonds is 3. The summed E-state index contributed by atoms with van der Waals surface area (Å²) in [6.45, 7) is 4.32. The van der Waals surface area contributed by atoms with Crippen LogP contribution in [0.1, 0.15) is 37.5 Å². The van der Waals surface area contributed by atoms with Crippen LogP contribution < -0.4 is 4.74 Å². The minimum Gasteiger partial charge on any atom is -0.497 e. The van der Waals surface area contributed by atoms with Gasteiger partial charge in [-0.25, -0.2) is 0 Å². The van der Waals surface area contributed by atoms with Crippen molar-refractivity contribution < 1.29 is 9.84 Å². The van der Waals surface area contributed by atoms with Crippen LogP contribution in [-0.4, -0.2) is 36.2 Å². The van der Waals surface area contributed by atoms with Gasteiger partial charge in [-0.15, -0.1) is 0 Å². The number of hydrogen-bond acceptors (Lipinski definition) is 3. The highest BCUT2D eigenvalue weighted by molar-refractivity contribution is 5.39. The number of methoxy groups -OCH3 is 1. The molecule has 0 fully saturated rings. The summed E-state index contributed by atoms with van der Waals surface area (Å²) in [5, 5.41) is 10.6. The molecule has 1 aliphatic carbocycles. The van der Waals surface area contributed by atoms with Crippen molar-refractivity contribution in [2.45, 2.75) is 44.9 Å². The Morgan fingerprint density at radius 2 is 2.11 bits per heavy atom. The fourth-order valence-electron chi connectivity index (χ4n) is 2.68. The molecular formula is C15H23NO2. The van der Waals surface area contributed by atoms with Crippen LogP contribution in [0.4, 0.5) is 0 Å². The van der Waals surface area contributed by atoms with Crippen molar-refractivity contribution in [3.8, 4) is 5.75 Å². The Morgan fingerprint density at radius 1 is 1.39 bits per heavy atom. The number of aliphatic hydroxyl groups is 1. The van der Waals surface area contributed by atoms with E-state index in [4.69, 9.17) is 4.74 Å². The lowest BCUT2D eigenvalue weighted by Crippen LogP contribution is -2.43. The molecule has 100 valence electrons. The topological polar surface area (TPSA) is 32.7 Å². The summed E-state index contributed by atoms with van der Waals surface area (Å²) in [4.78, 5) is 2.26. The maximum atomic E-state index is 10.6. The van der Waals surface area contributed by atoms with Crippen LogP contribution >= 0.6 is 0 Å². The predicted molar refractivity (Wildman–Crippen MR) is 73.0 cm³/mol. The van der Waals surface area contributed by atoms with Crippen LogP contribution in [0.3, 0.4) is 0 Å². The molecule has 0 heterocycles. The lowest BCUT2D eigenvalue weighted by atomic mass is 9.84. The molecule has 1 N–H and O–H groups in total. The molecule has 0 saturated carbocycles. The van der Waals surface area contributed by atoms with Crippen molar-refractivity contribution in [1.82, 2.24) is 4.90 Å². The van der Waals surface area contributed by atoms with Gasteiger partial charge in [0.1, 0.15) is 5.75 Å². The second-order valence-corrected chi connectivity index (χ2v) is 5.37.